The topological polar surface area (TPSA) is 85.4 Å². The molecule has 2 N–H and O–H groups in total. The van der Waals surface area contributed by atoms with Crippen molar-refractivity contribution < 1.29 is 14.3 Å². The molecule has 1 amide bonds. The van der Waals surface area contributed by atoms with Crippen LogP contribution in [0, 0.1) is 0 Å². The van der Waals surface area contributed by atoms with E-state index in [9.17, 15) is 4.79 Å². The van der Waals surface area contributed by atoms with Crippen LogP contribution in [0.15, 0.2) is 36.7 Å². The van der Waals surface area contributed by atoms with E-state index in [1.165, 1.54) is 6.33 Å². The highest BCUT2D eigenvalue weighted by molar-refractivity contribution is 6.04. The van der Waals surface area contributed by atoms with Crippen LogP contribution in [0.5, 0.6) is 5.75 Å². The van der Waals surface area contributed by atoms with Crippen LogP contribution in [-0.4, -0.2) is 43.2 Å². The fraction of sp³-hybridized carbons (Fsp3) is 0.312. The van der Waals surface area contributed by atoms with Crippen molar-refractivity contribution in [2.45, 2.75) is 6.42 Å². The molecule has 7 nitrogen and oxygen atoms in total. The van der Waals surface area contributed by atoms with E-state index >= 15 is 0 Å². The molecule has 1 aromatic heterocycles. The van der Waals surface area contributed by atoms with Crippen molar-refractivity contribution in [1.29, 1.82) is 0 Å². The number of benzene rings is 1. The van der Waals surface area contributed by atoms with Crippen molar-refractivity contribution in [1.82, 2.24) is 9.97 Å². The van der Waals surface area contributed by atoms with Crippen molar-refractivity contribution >= 4 is 17.4 Å². The number of hydrogen-bond acceptors (Lipinski definition) is 6. The highest BCUT2D eigenvalue weighted by atomic mass is 16.5. The van der Waals surface area contributed by atoms with Gasteiger partial charge in [0.2, 0.25) is 0 Å². The molecular formula is C16H20N4O3. The van der Waals surface area contributed by atoms with Crippen molar-refractivity contribution in [2.75, 3.05) is 38.0 Å². The summed E-state index contributed by atoms with van der Waals surface area (Å²) in [5.41, 5.74) is 0.869. The zero-order valence-corrected chi connectivity index (χ0v) is 13.2. The van der Waals surface area contributed by atoms with Gasteiger partial charge in [-0.1, -0.05) is 12.1 Å². The third-order valence-corrected chi connectivity index (χ3v) is 3.09. The molecule has 2 aromatic rings. The molecular weight excluding hydrogens is 296 g/mol. The van der Waals surface area contributed by atoms with E-state index in [2.05, 4.69) is 20.6 Å². The first-order chi connectivity index (χ1) is 11.2. The molecule has 122 valence electrons. The van der Waals surface area contributed by atoms with E-state index in [0.717, 1.165) is 6.42 Å². The molecule has 0 aliphatic carbocycles. The molecule has 0 aliphatic heterocycles. The number of amides is 1. The van der Waals surface area contributed by atoms with Crippen molar-refractivity contribution in [3.8, 4) is 5.75 Å². The highest BCUT2D eigenvalue weighted by Crippen LogP contribution is 2.23. The Bertz CT molecular complexity index is 649. The highest BCUT2D eigenvalue weighted by Gasteiger charge is 2.11. The van der Waals surface area contributed by atoms with Gasteiger partial charge in [0.25, 0.3) is 5.91 Å². The van der Waals surface area contributed by atoms with Crippen LogP contribution in [0.4, 0.5) is 11.5 Å². The first-order valence-electron chi connectivity index (χ1n) is 7.24. The maximum Gasteiger partial charge on any atom is 0.274 e. The molecule has 1 heterocycles. The second-order valence-electron chi connectivity index (χ2n) is 4.72. The molecule has 0 fully saturated rings. The van der Waals surface area contributed by atoms with Gasteiger partial charge in [0.1, 0.15) is 23.6 Å². The number of carbonyl (C=O) groups excluding carboxylic acids is 1. The molecule has 0 saturated carbocycles. The summed E-state index contributed by atoms with van der Waals surface area (Å²) in [7, 11) is 3.21. The predicted octanol–water partition coefficient (Wildman–Crippen LogP) is 2.19. The van der Waals surface area contributed by atoms with E-state index in [-0.39, 0.29) is 11.6 Å². The monoisotopic (exact) mass is 316 g/mol. The van der Waals surface area contributed by atoms with Crippen LogP contribution < -0.4 is 15.4 Å². The maximum absolute atomic E-state index is 12.3. The van der Waals surface area contributed by atoms with Gasteiger partial charge in [-0.05, 0) is 18.6 Å². The molecule has 23 heavy (non-hydrogen) atoms. The first-order valence-corrected chi connectivity index (χ1v) is 7.24. The van der Waals surface area contributed by atoms with Crippen LogP contribution in [-0.2, 0) is 4.74 Å². The second-order valence-corrected chi connectivity index (χ2v) is 4.72. The molecule has 2 rings (SSSR count). The predicted molar refractivity (Wildman–Crippen MR) is 88.0 cm³/mol. The minimum absolute atomic E-state index is 0.278. The van der Waals surface area contributed by atoms with Crippen LogP contribution in [0.2, 0.25) is 0 Å². The summed E-state index contributed by atoms with van der Waals surface area (Å²) in [6, 6.07) is 8.81. The van der Waals surface area contributed by atoms with Gasteiger partial charge in [-0.2, -0.15) is 0 Å². The number of carbonyl (C=O) groups is 1. The zero-order valence-electron chi connectivity index (χ0n) is 13.2. The average Bonchev–Trinajstić information content (AvgIpc) is 2.59. The Hall–Kier alpha value is -2.67. The summed E-state index contributed by atoms with van der Waals surface area (Å²) in [5.74, 6) is 0.867. The average molecular weight is 316 g/mol. The lowest BCUT2D eigenvalue weighted by Gasteiger charge is -2.10. The Morgan fingerprint density at radius 2 is 2.04 bits per heavy atom. The Balaban J connectivity index is 2.02. The Morgan fingerprint density at radius 3 is 2.83 bits per heavy atom. The van der Waals surface area contributed by atoms with Gasteiger partial charge in [0.15, 0.2) is 0 Å². The number of hydrogen-bond donors (Lipinski definition) is 2. The normalized spacial score (nSPS) is 10.2. The molecule has 0 radical (unpaired) electrons. The van der Waals surface area contributed by atoms with Gasteiger partial charge in [0.05, 0.1) is 12.8 Å². The van der Waals surface area contributed by atoms with E-state index in [1.54, 1.807) is 32.4 Å². The standard InChI is InChI=1S/C16H20N4O3/c1-22-9-5-8-17-15-10-13(18-11-19-15)16(21)20-12-6-3-4-7-14(12)23-2/h3-4,6-7,10-11H,5,8-9H2,1-2H3,(H,20,21)(H,17,18,19). The van der Waals surface area contributed by atoms with Crippen LogP contribution in [0.1, 0.15) is 16.9 Å². The quantitative estimate of drug-likeness (QED) is 0.726. The molecule has 0 unspecified atom stereocenters. The largest absolute Gasteiger partial charge is 0.495 e. The number of para-hydroxylation sites is 2. The van der Waals surface area contributed by atoms with Gasteiger partial charge in [-0.25, -0.2) is 9.97 Å². The van der Waals surface area contributed by atoms with Crippen LogP contribution in [0.25, 0.3) is 0 Å². The number of rotatable bonds is 8. The summed E-state index contributed by atoms with van der Waals surface area (Å²) in [4.78, 5) is 20.4. The number of anilines is 2. The Kier molecular flexibility index (Phi) is 6.31. The third kappa shape index (κ3) is 4.93. The second kappa shape index (κ2) is 8.70. The van der Waals surface area contributed by atoms with Crippen LogP contribution >= 0.6 is 0 Å². The number of ether oxygens (including phenoxy) is 2. The number of nitrogens with zero attached hydrogens (tertiary/aromatic N) is 2. The van der Waals surface area contributed by atoms with Gasteiger partial charge < -0.3 is 20.1 Å². The van der Waals surface area contributed by atoms with Gasteiger partial charge in [-0.15, -0.1) is 0 Å². The lowest BCUT2D eigenvalue weighted by molar-refractivity contribution is 0.102. The summed E-state index contributed by atoms with van der Waals surface area (Å²) in [6.07, 6.45) is 2.21. The van der Waals surface area contributed by atoms with Gasteiger partial charge in [-0.3, -0.25) is 4.79 Å². The summed E-state index contributed by atoms with van der Waals surface area (Å²) in [6.45, 7) is 1.37. The molecule has 0 aliphatic rings. The minimum Gasteiger partial charge on any atom is -0.495 e. The van der Waals surface area contributed by atoms with Gasteiger partial charge >= 0.3 is 0 Å². The summed E-state index contributed by atoms with van der Waals surface area (Å²) in [5, 5.41) is 5.90. The maximum atomic E-state index is 12.3. The number of aromatic nitrogens is 2. The summed E-state index contributed by atoms with van der Waals surface area (Å²) >= 11 is 0. The van der Waals surface area contributed by atoms with E-state index in [1.807, 2.05) is 12.1 Å². The third-order valence-electron chi connectivity index (χ3n) is 3.09. The molecule has 1 aromatic carbocycles. The van der Waals surface area contributed by atoms with Gasteiger partial charge in [0, 0.05) is 26.3 Å². The van der Waals surface area contributed by atoms with Crippen molar-refractivity contribution in [3.05, 3.63) is 42.4 Å². The molecule has 0 spiro atoms. The fourth-order valence-corrected chi connectivity index (χ4v) is 1.95. The number of methoxy groups -OCH3 is 2. The molecule has 7 heteroatoms. The first kappa shape index (κ1) is 16.7. The molecule has 0 saturated heterocycles. The van der Waals surface area contributed by atoms with Crippen LogP contribution in [0.3, 0.4) is 0 Å². The minimum atomic E-state index is -0.322. The lowest BCUT2D eigenvalue weighted by atomic mass is 10.2. The van der Waals surface area contributed by atoms with E-state index in [0.29, 0.717) is 30.4 Å². The van der Waals surface area contributed by atoms with Crippen molar-refractivity contribution in [2.24, 2.45) is 0 Å². The lowest BCUT2D eigenvalue weighted by Crippen LogP contribution is -2.15. The SMILES string of the molecule is COCCCNc1cc(C(=O)Nc2ccccc2OC)ncn1. The molecule has 0 atom stereocenters. The number of nitrogens with one attached hydrogen (secondary N) is 2. The summed E-state index contributed by atoms with van der Waals surface area (Å²) < 4.78 is 10.2. The fourth-order valence-electron chi connectivity index (χ4n) is 1.95. The van der Waals surface area contributed by atoms with E-state index < -0.39 is 0 Å². The zero-order chi connectivity index (χ0) is 16.5. The van der Waals surface area contributed by atoms with Crippen molar-refractivity contribution in [3.63, 3.8) is 0 Å². The Labute approximate surface area is 135 Å². The Morgan fingerprint density at radius 1 is 1.22 bits per heavy atom. The van der Waals surface area contributed by atoms with E-state index in [4.69, 9.17) is 9.47 Å². The smallest absolute Gasteiger partial charge is 0.274 e. The molecule has 0 bridgehead atoms.